The molecule has 0 N–H and O–H groups in total. The van der Waals surface area contributed by atoms with E-state index in [4.69, 9.17) is 4.74 Å². The summed E-state index contributed by atoms with van der Waals surface area (Å²) in [6.07, 6.45) is 2.99. The minimum atomic E-state index is 0.625. The first kappa shape index (κ1) is 4.96. The van der Waals surface area contributed by atoms with Crippen molar-refractivity contribution in [3.63, 3.8) is 0 Å². The second kappa shape index (κ2) is 2.20. The Labute approximate surface area is 46.5 Å². The Balaban J connectivity index is 2.83. The average Bonchev–Trinajstić information content (AvgIpc) is 1.90. The lowest BCUT2D eigenvalue weighted by atomic mass is 10.6. The van der Waals surface area contributed by atoms with Gasteiger partial charge in [0.2, 0.25) is 0 Å². The number of hydrogen-bond donors (Lipinski definition) is 0. The lowest BCUT2D eigenvalue weighted by Crippen LogP contribution is -1.87. The van der Waals surface area contributed by atoms with Crippen LogP contribution in [0.3, 0.4) is 0 Å². The van der Waals surface area contributed by atoms with Crippen LogP contribution in [0.1, 0.15) is 0 Å². The van der Waals surface area contributed by atoms with Crippen molar-refractivity contribution in [2.24, 2.45) is 0 Å². The molecule has 0 fully saturated rings. The topological polar surface area (TPSA) is 47.9 Å². The fraction of sp³-hybridized carbons (Fsp3) is 0.250. The molecule has 0 aromatic carbocycles. The molecule has 1 heterocycles. The first-order valence-electron chi connectivity index (χ1n) is 2.11. The highest BCUT2D eigenvalue weighted by atomic mass is 16.5. The Morgan fingerprint density at radius 2 is 2.00 bits per heavy atom. The lowest BCUT2D eigenvalue weighted by Gasteiger charge is -1.91. The van der Waals surface area contributed by atoms with E-state index in [-0.39, 0.29) is 0 Å². The van der Waals surface area contributed by atoms with Crippen LogP contribution >= 0.6 is 0 Å². The Morgan fingerprint density at radius 3 is 2.38 bits per heavy atom. The maximum absolute atomic E-state index is 4.75. The summed E-state index contributed by atoms with van der Waals surface area (Å²) < 4.78 is 4.75. The van der Waals surface area contributed by atoms with Crippen molar-refractivity contribution in [3.8, 4) is 5.75 Å². The molecule has 8 heavy (non-hydrogen) atoms. The van der Waals surface area contributed by atoms with Crippen LogP contribution in [-0.2, 0) is 0 Å². The molecule has 0 aliphatic carbocycles. The van der Waals surface area contributed by atoms with E-state index in [2.05, 4.69) is 15.4 Å². The zero-order valence-electron chi connectivity index (χ0n) is 4.40. The Bertz CT molecular complexity index is 153. The maximum Gasteiger partial charge on any atom is 0.159 e. The van der Waals surface area contributed by atoms with E-state index in [0.717, 1.165) is 0 Å². The summed E-state index contributed by atoms with van der Waals surface area (Å²) in [7, 11) is 1.55. The first-order valence-corrected chi connectivity index (χ1v) is 2.11. The summed E-state index contributed by atoms with van der Waals surface area (Å²) in [5.41, 5.74) is 0. The maximum atomic E-state index is 4.75. The third kappa shape index (κ3) is 0.900. The second-order valence-corrected chi connectivity index (χ2v) is 1.19. The van der Waals surface area contributed by atoms with E-state index in [1.54, 1.807) is 7.11 Å². The largest absolute Gasteiger partial charge is 0.493 e. The van der Waals surface area contributed by atoms with Crippen LogP contribution in [0, 0.1) is 0 Å². The summed E-state index contributed by atoms with van der Waals surface area (Å²) in [5.74, 6) is 0.625. The van der Waals surface area contributed by atoms with Gasteiger partial charge in [0.15, 0.2) is 5.75 Å². The van der Waals surface area contributed by atoms with Gasteiger partial charge in [-0.15, -0.1) is 10.2 Å². The fourth-order valence-electron chi connectivity index (χ4n) is 0.334. The molecule has 1 rings (SSSR count). The molecular formula is C4H5N3O. The van der Waals surface area contributed by atoms with Gasteiger partial charge in [-0.25, -0.2) is 0 Å². The van der Waals surface area contributed by atoms with Gasteiger partial charge in [-0.3, -0.25) is 0 Å². The van der Waals surface area contributed by atoms with Gasteiger partial charge in [-0.2, -0.15) is 0 Å². The summed E-state index contributed by atoms with van der Waals surface area (Å²) in [4.78, 5) is 0. The molecule has 0 saturated carbocycles. The molecule has 42 valence electrons. The first-order chi connectivity index (χ1) is 3.93. The Hall–Kier alpha value is -1.19. The molecule has 4 heteroatoms. The molecule has 0 aliphatic heterocycles. The van der Waals surface area contributed by atoms with Gasteiger partial charge >= 0.3 is 0 Å². The number of aromatic nitrogens is 3. The lowest BCUT2D eigenvalue weighted by molar-refractivity contribution is 0.408. The molecule has 0 atom stereocenters. The molecule has 0 bridgehead atoms. The van der Waals surface area contributed by atoms with Crippen LogP contribution in [0.4, 0.5) is 0 Å². The van der Waals surface area contributed by atoms with Crippen molar-refractivity contribution < 1.29 is 4.74 Å². The number of hydrogen-bond acceptors (Lipinski definition) is 4. The van der Waals surface area contributed by atoms with Crippen LogP contribution in [0.2, 0.25) is 0 Å². The predicted molar refractivity (Wildman–Crippen MR) is 26.4 cm³/mol. The average molecular weight is 111 g/mol. The van der Waals surface area contributed by atoms with Gasteiger partial charge < -0.3 is 4.74 Å². The molecule has 1 aromatic rings. The van der Waals surface area contributed by atoms with Crippen molar-refractivity contribution >= 4 is 0 Å². The molecule has 0 radical (unpaired) electrons. The van der Waals surface area contributed by atoms with Crippen LogP contribution in [0.25, 0.3) is 0 Å². The molecule has 0 spiro atoms. The monoisotopic (exact) mass is 111 g/mol. The molecule has 1 aromatic heterocycles. The smallest absolute Gasteiger partial charge is 0.159 e. The van der Waals surface area contributed by atoms with Crippen molar-refractivity contribution in [1.29, 1.82) is 0 Å². The van der Waals surface area contributed by atoms with Crippen molar-refractivity contribution in [3.05, 3.63) is 12.4 Å². The quantitative estimate of drug-likeness (QED) is 0.507. The SMILES string of the molecule is COc1cnnnc1. The van der Waals surface area contributed by atoms with Gasteiger partial charge in [0.25, 0.3) is 0 Å². The van der Waals surface area contributed by atoms with Crippen molar-refractivity contribution in [2.45, 2.75) is 0 Å². The Kier molecular flexibility index (Phi) is 1.37. The highest BCUT2D eigenvalue weighted by Crippen LogP contribution is 1.99. The van der Waals surface area contributed by atoms with Crippen LogP contribution < -0.4 is 4.74 Å². The second-order valence-electron chi connectivity index (χ2n) is 1.19. The summed E-state index contributed by atoms with van der Waals surface area (Å²) in [6, 6.07) is 0. The summed E-state index contributed by atoms with van der Waals surface area (Å²) in [5, 5.41) is 10.3. The van der Waals surface area contributed by atoms with Crippen molar-refractivity contribution in [2.75, 3.05) is 7.11 Å². The zero-order valence-corrected chi connectivity index (χ0v) is 4.40. The van der Waals surface area contributed by atoms with E-state index in [0.29, 0.717) is 5.75 Å². The molecular weight excluding hydrogens is 106 g/mol. The molecule has 0 aliphatic rings. The Morgan fingerprint density at radius 1 is 1.38 bits per heavy atom. The number of nitrogens with zero attached hydrogens (tertiary/aromatic N) is 3. The standard InChI is InChI=1S/C4H5N3O/c1-8-4-2-5-7-6-3-4/h2-3H,1H3. The molecule has 0 amide bonds. The highest BCUT2D eigenvalue weighted by molar-refractivity contribution is 5.07. The van der Waals surface area contributed by atoms with Gasteiger partial charge in [0.1, 0.15) is 0 Å². The van der Waals surface area contributed by atoms with Gasteiger partial charge in [-0.1, -0.05) is 0 Å². The normalized spacial score (nSPS) is 8.62. The summed E-state index contributed by atoms with van der Waals surface area (Å²) >= 11 is 0. The molecule has 0 unspecified atom stereocenters. The van der Waals surface area contributed by atoms with E-state index in [1.807, 2.05) is 0 Å². The van der Waals surface area contributed by atoms with Gasteiger partial charge in [0.05, 0.1) is 19.5 Å². The van der Waals surface area contributed by atoms with Crippen LogP contribution in [0.15, 0.2) is 12.4 Å². The zero-order chi connectivity index (χ0) is 5.82. The van der Waals surface area contributed by atoms with Crippen LogP contribution in [0.5, 0.6) is 5.75 Å². The van der Waals surface area contributed by atoms with Gasteiger partial charge in [-0.05, 0) is 5.21 Å². The van der Waals surface area contributed by atoms with Crippen LogP contribution in [-0.4, -0.2) is 22.5 Å². The van der Waals surface area contributed by atoms with Crippen molar-refractivity contribution in [1.82, 2.24) is 15.4 Å². The van der Waals surface area contributed by atoms with Gasteiger partial charge in [0, 0.05) is 0 Å². The van der Waals surface area contributed by atoms with E-state index < -0.39 is 0 Å². The molecule has 0 saturated heterocycles. The fourth-order valence-corrected chi connectivity index (χ4v) is 0.334. The van der Waals surface area contributed by atoms with E-state index in [9.17, 15) is 0 Å². The third-order valence-electron chi connectivity index (χ3n) is 0.709. The third-order valence-corrected chi connectivity index (χ3v) is 0.709. The number of rotatable bonds is 1. The highest BCUT2D eigenvalue weighted by Gasteiger charge is 1.84. The molecule has 4 nitrogen and oxygen atoms in total. The van der Waals surface area contributed by atoms with E-state index in [1.165, 1.54) is 12.4 Å². The minimum absolute atomic E-state index is 0.625. The number of ether oxygens (including phenoxy) is 1. The minimum Gasteiger partial charge on any atom is -0.493 e. The van der Waals surface area contributed by atoms with E-state index >= 15 is 0 Å². The number of methoxy groups -OCH3 is 1. The predicted octanol–water partition coefficient (Wildman–Crippen LogP) is -0.120. The summed E-state index contributed by atoms with van der Waals surface area (Å²) in [6.45, 7) is 0.